The zero-order valence-electron chi connectivity index (χ0n) is 10.2. The van der Waals surface area contributed by atoms with Crippen LogP contribution in [-0.4, -0.2) is 58.7 Å². The molecule has 2 atom stereocenters. The Morgan fingerprint density at radius 3 is 2.47 bits per heavy atom. The number of carbonyl (C=O) groups excluding carboxylic acids is 1. The quantitative estimate of drug-likeness (QED) is 0.743. The molecular weight excluding hydrogens is 242 g/mol. The SMILES string of the molecule is CC1CN(C(=O)CSCCC(=O)O)CC(C)O1. The summed E-state index contributed by atoms with van der Waals surface area (Å²) in [7, 11) is 0. The molecule has 5 nitrogen and oxygen atoms in total. The van der Waals surface area contributed by atoms with Gasteiger partial charge in [0, 0.05) is 18.8 Å². The molecule has 1 heterocycles. The summed E-state index contributed by atoms with van der Waals surface area (Å²) in [5, 5.41) is 8.47. The fourth-order valence-corrected chi connectivity index (χ4v) is 2.61. The molecule has 0 radical (unpaired) electrons. The molecule has 1 rings (SSSR count). The van der Waals surface area contributed by atoms with Crippen molar-refractivity contribution in [3.63, 3.8) is 0 Å². The van der Waals surface area contributed by atoms with Gasteiger partial charge in [0.1, 0.15) is 0 Å². The van der Waals surface area contributed by atoms with Crippen LogP contribution in [0.3, 0.4) is 0 Å². The molecule has 0 aliphatic carbocycles. The summed E-state index contributed by atoms with van der Waals surface area (Å²) in [6.07, 6.45) is 0.256. The number of amides is 1. The van der Waals surface area contributed by atoms with Crippen molar-refractivity contribution >= 4 is 23.6 Å². The van der Waals surface area contributed by atoms with E-state index in [2.05, 4.69) is 0 Å². The first-order chi connectivity index (χ1) is 7.99. The van der Waals surface area contributed by atoms with Crippen molar-refractivity contribution in [2.45, 2.75) is 32.5 Å². The van der Waals surface area contributed by atoms with Crippen molar-refractivity contribution in [1.82, 2.24) is 4.90 Å². The molecule has 1 aliphatic heterocycles. The Labute approximate surface area is 105 Å². The number of thioether (sulfide) groups is 1. The van der Waals surface area contributed by atoms with Crippen LogP contribution in [0.5, 0.6) is 0 Å². The summed E-state index contributed by atoms with van der Waals surface area (Å²) >= 11 is 1.37. The second kappa shape index (κ2) is 6.86. The van der Waals surface area contributed by atoms with Crippen LogP contribution in [0.4, 0.5) is 0 Å². The van der Waals surface area contributed by atoms with Crippen LogP contribution < -0.4 is 0 Å². The van der Waals surface area contributed by atoms with E-state index in [1.165, 1.54) is 11.8 Å². The van der Waals surface area contributed by atoms with Crippen LogP contribution in [0.25, 0.3) is 0 Å². The number of carbonyl (C=O) groups is 2. The van der Waals surface area contributed by atoms with E-state index in [4.69, 9.17) is 9.84 Å². The normalized spacial score (nSPS) is 24.7. The van der Waals surface area contributed by atoms with Crippen molar-refractivity contribution in [2.75, 3.05) is 24.6 Å². The lowest BCUT2D eigenvalue weighted by molar-refractivity contribution is -0.140. The summed E-state index contributed by atoms with van der Waals surface area (Å²) in [6.45, 7) is 5.16. The number of nitrogens with zero attached hydrogens (tertiary/aromatic N) is 1. The first-order valence-corrected chi connectivity index (χ1v) is 6.87. The molecule has 0 aromatic rings. The van der Waals surface area contributed by atoms with Gasteiger partial charge >= 0.3 is 5.97 Å². The summed E-state index contributed by atoms with van der Waals surface area (Å²) in [4.78, 5) is 23.9. The highest BCUT2D eigenvalue weighted by Gasteiger charge is 2.25. The van der Waals surface area contributed by atoms with E-state index in [1.54, 1.807) is 4.90 Å². The van der Waals surface area contributed by atoms with Crippen molar-refractivity contribution in [3.05, 3.63) is 0 Å². The third-order valence-electron chi connectivity index (χ3n) is 2.46. The van der Waals surface area contributed by atoms with Gasteiger partial charge in [-0.15, -0.1) is 0 Å². The molecule has 0 spiro atoms. The van der Waals surface area contributed by atoms with E-state index in [-0.39, 0.29) is 24.5 Å². The molecule has 1 saturated heterocycles. The molecule has 98 valence electrons. The third-order valence-corrected chi connectivity index (χ3v) is 3.40. The maximum absolute atomic E-state index is 11.8. The first-order valence-electron chi connectivity index (χ1n) is 5.71. The number of aliphatic carboxylic acids is 1. The summed E-state index contributed by atoms with van der Waals surface area (Å²) in [6, 6.07) is 0. The van der Waals surface area contributed by atoms with Gasteiger partial charge in [-0.3, -0.25) is 9.59 Å². The van der Waals surface area contributed by atoms with Gasteiger partial charge in [-0.1, -0.05) is 0 Å². The van der Waals surface area contributed by atoms with Crippen molar-refractivity contribution < 1.29 is 19.4 Å². The molecule has 0 bridgehead atoms. The van der Waals surface area contributed by atoms with Gasteiger partial charge in [-0.2, -0.15) is 11.8 Å². The highest BCUT2D eigenvalue weighted by molar-refractivity contribution is 7.99. The zero-order valence-corrected chi connectivity index (χ0v) is 11.0. The molecule has 1 amide bonds. The van der Waals surface area contributed by atoms with E-state index < -0.39 is 5.97 Å². The fourth-order valence-electron chi connectivity index (χ4n) is 1.79. The average molecular weight is 261 g/mol. The number of ether oxygens (including phenoxy) is 1. The molecule has 1 N–H and O–H groups in total. The lowest BCUT2D eigenvalue weighted by Crippen LogP contribution is -2.48. The smallest absolute Gasteiger partial charge is 0.304 e. The number of hydrogen-bond donors (Lipinski definition) is 1. The lowest BCUT2D eigenvalue weighted by Gasteiger charge is -2.35. The van der Waals surface area contributed by atoms with Crippen LogP contribution in [0.1, 0.15) is 20.3 Å². The zero-order chi connectivity index (χ0) is 12.8. The minimum absolute atomic E-state index is 0.0717. The van der Waals surface area contributed by atoms with Crippen molar-refractivity contribution in [1.29, 1.82) is 0 Å². The van der Waals surface area contributed by atoms with Crippen molar-refractivity contribution in [3.8, 4) is 0 Å². The monoisotopic (exact) mass is 261 g/mol. The lowest BCUT2D eigenvalue weighted by atomic mass is 10.2. The van der Waals surface area contributed by atoms with Crippen LogP contribution in [0.2, 0.25) is 0 Å². The summed E-state index contributed by atoms with van der Waals surface area (Å²) < 4.78 is 5.55. The Hall–Kier alpha value is -0.750. The predicted molar refractivity (Wildman–Crippen MR) is 66.2 cm³/mol. The second-order valence-electron chi connectivity index (χ2n) is 4.25. The minimum atomic E-state index is -0.821. The van der Waals surface area contributed by atoms with Gasteiger partial charge in [-0.25, -0.2) is 0 Å². The summed E-state index contributed by atoms with van der Waals surface area (Å²) in [5.41, 5.74) is 0. The van der Waals surface area contributed by atoms with E-state index in [1.807, 2.05) is 13.8 Å². The Kier molecular flexibility index (Phi) is 5.77. The average Bonchev–Trinajstić information content (AvgIpc) is 2.22. The van der Waals surface area contributed by atoms with Crippen molar-refractivity contribution in [2.24, 2.45) is 0 Å². The molecular formula is C11H19NO4S. The molecule has 0 saturated carbocycles. The molecule has 0 aromatic carbocycles. The van der Waals surface area contributed by atoms with E-state index in [0.717, 1.165) is 0 Å². The second-order valence-corrected chi connectivity index (χ2v) is 5.36. The van der Waals surface area contributed by atoms with Crippen LogP contribution >= 0.6 is 11.8 Å². The van der Waals surface area contributed by atoms with Gasteiger partial charge in [0.25, 0.3) is 0 Å². The largest absolute Gasteiger partial charge is 0.481 e. The molecule has 0 aromatic heterocycles. The van der Waals surface area contributed by atoms with E-state index in [0.29, 0.717) is 24.6 Å². The Morgan fingerprint density at radius 1 is 1.35 bits per heavy atom. The summed E-state index contributed by atoms with van der Waals surface area (Å²) in [5.74, 6) is 0.0874. The first kappa shape index (κ1) is 14.3. The van der Waals surface area contributed by atoms with Crippen LogP contribution in [0.15, 0.2) is 0 Å². The fraction of sp³-hybridized carbons (Fsp3) is 0.818. The van der Waals surface area contributed by atoms with Gasteiger partial charge in [0.2, 0.25) is 5.91 Å². The van der Waals surface area contributed by atoms with Gasteiger partial charge < -0.3 is 14.7 Å². The highest BCUT2D eigenvalue weighted by Crippen LogP contribution is 2.13. The minimum Gasteiger partial charge on any atom is -0.481 e. The number of rotatable bonds is 5. The Bertz CT molecular complexity index is 275. The Morgan fingerprint density at radius 2 is 1.94 bits per heavy atom. The van der Waals surface area contributed by atoms with E-state index >= 15 is 0 Å². The standard InChI is InChI=1S/C11H19NO4S/c1-8-5-12(6-9(2)16-8)10(13)7-17-4-3-11(14)15/h8-9H,3-7H2,1-2H3,(H,14,15). The highest BCUT2D eigenvalue weighted by atomic mass is 32.2. The third kappa shape index (κ3) is 5.41. The van der Waals surface area contributed by atoms with Crippen LogP contribution in [0, 0.1) is 0 Å². The van der Waals surface area contributed by atoms with Gasteiger partial charge in [0.15, 0.2) is 0 Å². The van der Waals surface area contributed by atoms with Gasteiger partial charge in [0.05, 0.1) is 24.4 Å². The van der Waals surface area contributed by atoms with Crippen LogP contribution in [-0.2, 0) is 14.3 Å². The number of morpholine rings is 1. The number of carboxylic acid groups (broad SMARTS) is 1. The predicted octanol–water partition coefficient (Wildman–Crippen LogP) is 0.830. The number of carboxylic acids is 1. The molecule has 17 heavy (non-hydrogen) atoms. The molecule has 1 fully saturated rings. The maximum Gasteiger partial charge on any atom is 0.304 e. The topological polar surface area (TPSA) is 66.8 Å². The number of hydrogen-bond acceptors (Lipinski definition) is 4. The van der Waals surface area contributed by atoms with E-state index in [9.17, 15) is 9.59 Å². The Balaban J connectivity index is 2.24. The van der Waals surface area contributed by atoms with Gasteiger partial charge in [-0.05, 0) is 13.8 Å². The molecule has 1 aliphatic rings. The molecule has 6 heteroatoms. The maximum atomic E-state index is 11.8. The molecule has 2 unspecified atom stereocenters.